The van der Waals surface area contributed by atoms with Crippen LogP contribution in [-0.4, -0.2) is 34.6 Å². The van der Waals surface area contributed by atoms with Gasteiger partial charge in [-0.3, -0.25) is 4.72 Å². The maximum Gasteiger partial charge on any atom is 0.338 e. The van der Waals surface area contributed by atoms with Crippen molar-refractivity contribution in [3.63, 3.8) is 0 Å². The van der Waals surface area contributed by atoms with Crippen molar-refractivity contribution < 1.29 is 32.2 Å². The Kier molecular flexibility index (Phi) is 7.11. The van der Waals surface area contributed by atoms with Crippen LogP contribution in [0.5, 0.6) is 5.75 Å². The van der Waals surface area contributed by atoms with Gasteiger partial charge in [-0.15, -0.1) is 0 Å². The summed E-state index contributed by atoms with van der Waals surface area (Å²) in [4.78, 5) is 24.0. The third-order valence-electron chi connectivity index (χ3n) is 4.45. The van der Waals surface area contributed by atoms with Crippen LogP contribution in [0.1, 0.15) is 26.3 Å². The molecule has 0 atom stereocenters. The molecule has 0 aliphatic rings. The Balaban J connectivity index is 1.74. The highest BCUT2D eigenvalue weighted by atomic mass is 32.2. The summed E-state index contributed by atoms with van der Waals surface area (Å²) in [6, 6.07) is 18.6. The lowest BCUT2D eigenvalue weighted by atomic mass is 10.1. The number of para-hydroxylation sites is 2. The van der Waals surface area contributed by atoms with E-state index in [1.54, 1.807) is 48.5 Å². The molecule has 8 nitrogen and oxygen atoms in total. The number of carbonyl (C=O) groups excluding carboxylic acids is 2. The third kappa shape index (κ3) is 5.44. The first-order valence-corrected chi connectivity index (χ1v) is 10.9. The van der Waals surface area contributed by atoms with Crippen molar-refractivity contribution in [1.29, 1.82) is 0 Å². The number of hydrogen-bond acceptors (Lipinski definition) is 7. The van der Waals surface area contributed by atoms with E-state index >= 15 is 0 Å². The van der Waals surface area contributed by atoms with Gasteiger partial charge in [0.2, 0.25) is 0 Å². The third-order valence-corrected chi connectivity index (χ3v) is 5.81. The number of anilines is 1. The summed E-state index contributed by atoms with van der Waals surface area (Å²) >= 11 is 0. The van der Waals surface area contributed by atoms with Crippen LogP contribution < -0.4 is 9.46 Å². The van der Waals surface area contributed by atoms with Gasteiger partial charge in [-0.2, -0.15) is 0 Å². The molecule has 9 heteroatoms. The van der Waals surface area contributed by atoms with Gasteiger partial charge in [0, 0.05) is 0 Å². The Labute approximate surface area is 185 Å². The van der Waals surface area contributed by atoms with Crippen LogP contribution in [0.4, 0.5) is 5.69 Å². The Morgan fingerprint density at radius 3 is 2.25 bits per heavy atom. The van der Waals surface area contributed by atoms with Gasteiger partial charge in [-0.05, 0) is 48.0 Å². The molecule has 0 saturated heterocycles. The topological polar surface area (TPSA) is 108 Å². The molecule has 0 radical (unpaired) electrons. The average Bonchev–Trinajstić information content (AvgIpc) is 2.82. The summed E-state index contributed by atoms with van der Waals surface area (Å²) in [5, 5.41) is 0. The second-order valence-corrected chi connectivity index (χ2v) is 8.28. The molecule has 0 aliphatic heterocycles. The molecule has 0 aromatic heterocycles. The predicted octanol–water partition coefficient (Wildman–Crippen LogP) is 3.64. The zero-order valence-electron chi connectivity index (χ0n) is 17.4. The number of nitrogens with one attached hydrogen (secondary N) is 1. The van der Waals surface area contributed by atoms with Crippen LogP contribution in [0.3, 0.4) is 0 Å². The Morgan fingerprint density at radius 2 is 1.53 bits per heavy atom. The van der Waals surface area contributed by atoms with Crippen molar-refractivity contribution in [3.8, 4) is 5.75 Å². The first-order chi connectivity index (χ1) is 15.3. The number of sulfonamides is 1. The van der Waals surface area contributed by atoms with Gasteiger partial charge < -0.3 is 14.2 Å². The Morgan fingerprint density at radius 1 is 0.844 bits per heavy atom. The molecule has 166 valence electrons. The van der Waals surface area contributed by atoms with E-state index < -0.39 is 22.0 Å². The molecule has 0 heterocycles. The summed E-state index contributed by atoms with van der Waals surface area (Å²) in [6.45, 7) is -0.0971. The van der Waals surface area contributed by atoms with Gasteiger partial charge in [-0.1, -0.05) is 30.3 Å². The van der Waals surface area contributed by atoms with Crippen LogP contribution in [0.15, 0.2) is 77.7 Å². The highest BCUT2D eigenvalue weighted by molar-refractivity contribution is 7.92. The van der Waals surface area contributed by atoms with Gasteiger partial charge in [0.25, 0.3) is 10.0 Å². The number of rotatable bonds is 8. The van der Waals surface area contributed by atoms with E-state index in [2.05, 4.69) is 9.46 Å². The maximum atomic E-state index is 12.8. The molecule has 32 heavy (non-hydrogen) atoms. The minimum absolute atomic E-state index is 0.0667. The summed E-state index contributed by atoms with van der Waals surface area (Å²) in [7, 11) is -1.26. The van der Waals surface area contributed by atoms with Crippen molar-refractivity contribution in [2.24, 2.45) is 0 Å². The molecule has 0 saturated carbocycles. The lowest BCUT2D eigenvalue weighted by Crippen LogP contribution is -2.15. The molecule has 3 rings (SSSR count). The summed E-state index contributed by atoms with van der Waals surface area (Å²) in [5.41, 5.74) is 1.25. The Hall–Kier alpha value is -3.85. The second-order valence-electron chi connectivity index (χ2n) is 6.60. The number of benzene rings is 3. The van der Waals surface area contributed by atoms with E-state index in [1.807, 2.05) is 0 Å². The highest BCUT2D eigenvalue weighted by Gasteiger charge is 2.19. The number of hydrogen-bond donors (Lipinski definition) is 1. The van der Waals surface area contributed by atoms with E-state index in [4.69, 9.17) is 9.47 Å². The summed E-state index contributed by atoms with van der Waals surface area (Å²) in [5.74, 6) is -0.845. The normalized spacial score (nSPS) is 10.8. The SMILES string of the molecule is COC(=O)c1cccc(COC(=O)c2cccc(S(=O)(=O)Nc3ccccc3OC)c2)c1. The number of carbonyl (C=O) groups is 2. The van der Waals surface area contributed by atoms with Gasteiger partial charge in [0.15, 0.2) is 0 Å². The number of methoxy groups -OCH3 is 2. The van der Waals surface area contributed by atoms with Crippen LogP contribution in [0.25, 0.3) is 0 Å². The van der Waals surface area contributed by atoms with Crippen LogP contribution in [0, 0.1) is 0 Å². The lowest BCUT2D eigenvalue weighted by molar-refractivity contribution is 0.0472. The standard InChI is InChI=1S/C23H21NO7S/c1-29-21-12-4-3-11-20(21)24-32(27,28)19-10-6-9-18(14-19)23(26)31-15-16-7-5-8-17(13-16)22(25)30-2/h3-14,24H,15H2,1-2H3. The number of ether oxygens (including phenoxy) is 3. The first-order valence-electron chi connectivity index (χ1n) is 9.44. The second kappa shape index (κ2) is 9.97. The monoisotopic (exact) mass is 455 g/mol. The van der Waals surface area contributed by atoms with E-state index in [9.17, 15) is 18.0 Å². The van der Waals surface area contributed by atoms with Gasteiger partial charge in [0.1, 0.15) is 12.4 Å². The van der Waals surface area contributed by atoms with Crippen molar-refractivity contribution in [2.75, 3.05) is 18.9 Å². The van der Waals surface area contributed by atoms with E-state index in [0.717, 1.165) is 0 Å². The Bertz CT molecular complexity index is 1240. The van der Waals surface area contributed by atoms with E-state index in [0.29, 0.717) is 16.9 Å². The molecular formula is C23H21NO7S. The zero-order valence-corrected chi connectivity index (χ0v) is 18.2. The highest BCUT2D eigenvalue weighted by Crippen LogP contribution is 2.26. The van der Waals surface area contributed by atoms with Crippen molar-refractivity contribution >= 4 is 27.6 Å². The van der Waals surface area contributed by atoms with Crippen molar-refractivity contribution in [3.05, 3.63) is 89.5 Å². The molecule has 1 N–H and O–H groups in total. The molecule has 0 bridgehead atoms. The smallest absolute Gasteiger partial charge is 0.338 e. The predicted molar refractivity (Wildman–Crippen MR) is 117 cm³/mol. The molecule has 0 aliphatic carbocycles. The minimum Gasteiger partial charge on any atom is -0.495 e. The molecule has 3 aromatic carbocycles. The molecule has 0 spiro atoms. The molecule has 0 unspecified atom stereocenters. The number of esters is 2. The zero-order chi connectivity index (χ0) is 23.1. The molecule has 0 amide bonds. The molecule has 0 fully saturated rings. The summed E-state index contributed by atoms with van der Waals surface area (Å²) < 4.78 is 43.1. The fraction of sp³-hybridized carbons (Fsp3) is 0.130. The first kappa shape index (κ1) is 22.8. The van der Waals surface area contributed by atoms with Gasteiger partial charge in [0.05, 0.1) is 35.9 Å². The van der Waals surface area contributed by atoms with E-state index in [-0.39, 0.29) is 22.8 Å². The largest absolute Gasteiger partial charge is 0.495 e. The molecule has 3 aromatic rings. The van der Waals surface area contributed by atoms with Gasteiger partial charge in [-0.25, -0.2) is 18.0 Å². The van der Waals surface area contributed by atoms with E-state index in [1.165, 1.54) is 38.5 Å². The average molecular weight is 455 g/mol. The lowest BCUT2D eigenvalue weighted by Gasteiger charge is -2.12. The van der Waals surface area contributed by atoms with Crippen molar-refractivity contribution in [2.45, 2.75) is 11.5 Å². The summed E-state index contributed by atoms with van der Waals surface area (Å²) in [6.07, 6.45) is 0. The van der Waals surface area contributed by atoms with Crippen molar-refractivity contribution in [1.82, 2.24) is 0 Å². The molecular weight excluding hydrogens is 434 g/mol. The van der Waals surface area contributed by atoms with Crippen LogP contribution in [0.2, 0.25) is 0 Å². The quantitative estimate of drug-likeness (QED) is 0.517. The minimum atomic E-state index is -3.98. The van der Waals surface area contributed by atoms with Crippen LogP contribution >= 0.6 is 0 Å². The van der Waals surface area contributed by atoms with Gasteiger partial charge >= 0.3 is 11.9 Å². The van der Waals surface area contributed by atoms with Crippen LogP contribution in [-0.2, 0) is 26.1 Å². The maximum absolute atomic E-state index is 12.8. The fourth-order valence-electron chi connectivity index (χ4n) is 2.86. The fourth-order valence-corrected chi connectivity index (χ4v) is 3.98.